The molecule has 0 bridgehead atoms. The number of hydrogen-bond donors (Lipinski definition) is 1. The number of hydrogen-bond acceptors (Lipinski definition) is 4. The van der Waals surface area contributed by atoms with E-state index in [1.807, 2.05) is 12.1 Å². The van der Waals surface area contributed by atoms with Crippen molar-refractivity contribution in [3.05, 3.63) is 24.6 Å². The third kappa shape index (κ3) is 1.55. The first-order valence-corrected chi connectivity index (χ1v) is 5.48. The zero-order chi connectivity index (χ0) is 11.0. The SMILES string of the molecule is COC1CC(Nc2nccc3occc23)C1. The molecule has 1 N–H and O–H groups in total. The Bertz CT molecular complexity index is 488. The number of fused-ring (bicyclic) bond motifs is 1. The number of furan rings is 1. The van der Waals surface area contributed by atoms with Crippen molar-refractivity contribution in [3.63, 3.8) is 0 Å². The van der Waals surface area contributed by atoms with Crippen LogP contribution in [0, 0.1) is 0 Å². The molecule has 0 aliphatic heterocycles. The first kappa shape index (κ1) is 9.66. The molecule has 1 saturated carbocycles. The van der Waals surface area contributed by atoms with Crippen molar-refractivity contribution in [2.75, 3.05) is 12.4 Å². The number of methoxy groups -OCH3 is 1. The quantitative estimate of drug-likeness (QED) is 0.859. The summed E-state index contributed by atoms with van der Waals surface area (Å²) in [4.78, 5) is 4.34. The molecule has 2 aromatic heterocycles. The Labute approximate surface area is 93.6 Å². The van der Waals surface area contributed by atoms with Crippen molar-refractivity contribution in [1.82, 2.24) is 4.98 Å². The summed E-state index contributed by atoms with van der Waals surface area (Å²) < 4.78 is 10.6. The summed E-state index contributed by atoms with van der Waals surface area (Å²) >= 11 is 0. The summed E-state index contributed by atoms with van der Waals surface area (Å²) in [6, 6.07) is 4.29. The van der Waals surface area contributed by atoms with Gasteiger partial charge in [-0.05, 0) is 25.0 Å². The molecule has 2 aromatic rings. The van der Waals surface area contributed by atoms with Crippen LogP contribution in [0.3, 0.4) is 0 Å². The molecule has 0 atom stereocenters. The molecular weight excluding hydrogens is 204 g/mol. The van der Waals surface area contributed by atoms with Crippen LogP contribution in [-0.2, 0) is 4.74 Å². The number of rotatable bonds is 3. The molecule has 0 spiro atoms. The van der Waals surface area contributed by atoms with Gasteiger partial charge in [0.25, 0.3) is 0 Å². The lowest BCUT2D eigenvalue weighted by atomic mass is 9.89. The second-order valence-corrected chi connectivity index (χ2v) is 4.16. The standard InChI is InChI=1S/C12H14N2O2/c1-15-9-6-8(7-9)14-12-10-3-5-16-11(10)2-4-13-12/h2-5,8-9H,6-7H2,1H3,(H,13,14). The Balaban J connectivity index is 1.77. The van der Waals surface area contributed by atoms with Gasteiger partial charge in [-0.3, -0.25) is 0 Å². The molecule has 3 rings (SSSR count). The largest absolute Gasteiger partial charge is 0.464 e. The van der Waals surface area contributed by atoms with Crippen molar-refractivity contribution in [2.24, 2.45) is 0 Å². The van der Waals surface area contributed by atoms with E-state index < -0.39 is 0 Å². The minimum absolute atomic E-state index is 0.404. The van der Waals surface area contributed by atoms with E-state index in [-0.39, 0.29) is 0 Å². The molecule has 4 nitrogen and oxygen atoms in total. The van der Waals surface area contributed by atoms with Crippen molar-refractivity contribution < 1.29 is 9.15 Å². The molecule has 1 aliphatic carbocycles. The molecule has 4 heteroatoms. The van der Waals surface area contributed by atoms with E-state index in [4.69, 9.17) is 9.15 Å². The maximum Gasteiger partial charge on any atom is 0.139 e. The van der Waals surface area contributed by atoms with Gasteiger partial charge in [-0.15, -0.1) is 0 Å². The summed E-state index contributed by atoms with van der Waals surface area (Å²) in [6.07, 6.45) is 5.96. The summed E-state index contributed by atoms with van der Waals surface area (Å²) in [5.41, 5.74) is 0.875. The highest BCUT2D eigenvalue weighted by Crippen LogP contribution is 2.29. The zero-order valence-corrected chi connectivity index (χ0v) is 9.14. The van der Waals surface area contributed by atoms with Crippen molar-refractivity contribution in [2.45, 2.75) is 25.0 Å². The summed E-state index contributed by atoms with van der Waals surface area (Å²) in [5.74, 6) is 0.908. The van der Waals surface area contributed by atoms with Crippen LogP contribution in [0.5, 0.6) is 0 Å². The normalized spacial score (nSPS) is 24.3. The van der Waals surface area contributed by atoms with Crippen molar-refractivity contribution in [1.29, 1.82) is 0 Å². The van der Waals surface area contributed by atoms with Gasteiger partial charge in [0.05, 0.1) is 17.8 Å². The molecule has 0 saturated heterocycles. The lowest BCUT2D eigenvalue weighted by Gasteiger charge is -2.34. The number of anilines is 1. The molecule has 0 amide bonds. The molecule has 1 aliphatic rings. The van der Waals surface area contributed by atoms with Gasteiger partial charge in [0, 0.05) is 19.3 Å². The summed E-state index contributed by atoms with van der Waals surface area (Å²) in [5, 5.41) is 4.47. The number of nitrogens with one attached hydrogen (secondary N) is 1. The van der Waals surface area contributed by atoms with Gasteiger partial charge in [0.15, 0.2) is 0 Å². The highest BCUT2D eigenvalue weighted by Gasteiger charge is 2.29. The second kappa shape index (κ2) is 3.79. The maximum atomic E-state index is 5.33. The van der Waals surface area contributed by atoms with E-state index in [1.165, 1.54) is 0 Å². The van der Waals surface area contributed by atoms with Gasteiger partial charge in [0.2, 0.25) is 0 Å². The predicted octanol–water partition coefficient (Wildman–Crippen LogP) is 2.42. The van der Waals surface area contributed by atoms with Crippen LogP contribution in [-0.4, -0.2) is 24.2 Å². The molecule has 2 heterocycles. The van der Waals surface area contributed by atoms with E-state index in [2.05, 4.69) is 10.3 Å². The Morgan fingerprint density at radius 1 is 1.44 bits per heavy atom. The lowest BCUT2D eigenvalue weighted by Crippen LogP contribution is -2.40. The van der Waals surface area contributed by atoms with Crippen molar-refractivity contribution >= 4 is 16.8 Å². The van der Waals surface area contributed by atoms with Crippen LogP contribution in [0.4, 0.5) is 5.82 Å². The summed E-state index contributed by atoms with van der Waals surface area (Å²) in [6.45, 7) is 0. The van der Waals surface area contributed by atoms with E-state index >= 15 is 0 Å². The van der Waals surface area contributed by atoms with Crippen molar-refractivity contribution in [3.8, 4) is 0 Å². The first-order valence-electron chi connectivity index (χ1n) is 5.48. The van der Waals surface area contributed by atoms with Crippen LogP contribution in [0.1, 0.15) is 12.8 Å². The van der Waals surface area contributed by atoms with E-state index in [0.29, 0.717) is 12.1 Å². The first-order chi connectivity index (χ1) is 7.86. The lowest BCUT2D eigenvalue weighted by molar-refractivity contribution is 0.0328. The average Bonchev–Trinajstić information content (AvgIpc) is 2.71. The Morgan fingerprint density at radius 3 is 3.12 bits per heavy atom. The number of nitrogens with zero attached hydrogens (tertiary/aromatic N) is 1. The third-order valence-corrected chi connectivity index (χ3v) is 3.15. The van der Waals surface area contributed by atoms with Gasteiger partial charge < -0.3 is 14.5 Å². The summed E-state index contributed by atoms with van der Waals surface area (Å²) in [7, 11) is 1.76. The van der Waals surface area contributed by atoms with E-state index in [1.54, 1.807) is 19.6 Å². The van der Waals surface area contributed by atoms with Crippen LogP contribution < -0.4 is 5.32 Å². The van der Waals surface area contributed by atoms with Gasteiger partial charge in [-0.2, -0.15) is 0 Å². The van der Waals surface area contributed by atoms with Gasteiger partial charge in [0.1, 0.15) is 11.4 Å². The average molecular weight is 218 g/mol. The van der Waals surface area contributed by atoms with E-state index in [0.717, 1.165) is 29.6 Å². The minimum atomic E-state index is 0.404. The molecule has 0 radical (unpaired) electrons. The van der Waals surface area contributed by atoms with E-state index in [9.17, 15) is 0 Å². The Kier molecular flexibility index (Phi) is 2.29. The van der Waals surface area contributed by atoms with Crippen LogP contribution >= 0.6 is 0 Å². The minimum Gasteiger partial charge on any atom is -0.464 e. The topological polar surface area (TPSA) is 47.3 Å². The molecule has 84 valence electrons. The molecule has 1 fully saturated rings. The second-order valence-electron chi connectivity index (χ2n) is 4.16. The molecule has 16 heavy (non-hydrogen) atoms. The molecule has 0 unspecified atom stereocenters. The fourth-order valence-electron chi connectivity index (χ4n) is 2.08. The van der Waals surface area contributed by atoms with Crippen LogP contribution in [0.2, 0.25) is 0 Å². The third-order valence-electron chi connectivity index (χ3n) is 3.15. The molecular formula is C12H14N2O2. The van der Waals surface area contributed by atoms with Crippen LogP contribution in [0.25, 0.3) is 11.0 Å². The van der Waals surface area contributed by atoms with Gasteiger partial charge >= 0.3 is 0 Å². The van der Waals surface area contributed by atoms with Gasteiger partial charge in [-0.25, -0.2) is 4.98 Å². The Morgan fingerprint density at radius 2 is 2.31 bits per heavy atom. The highest BCUT2D eigenvalue weighted by molar-refractivity contribution is 5.87. The fourth-order valence-corrected chi connectivity index (χ4v) is 2.08. The monoisotopic (exact) mass is 218 g/mol. The number of ether oxygens (including phenoxy) is 1. The fraction of sp³-hybridized carbons (Fsp3) is 0.417. The number of aromatic nitrogens is 1. The van der Waals surface area contributed by atoms with Gasteiger partial charge in [-0.1, -0.05) is 0 Å². The Hall–Kier alpha value is -1.55. The highest BCUT2D eigenvalue weighted by atomic mass is 16.5. The number of pyridine rings is 1. The maximum absolute atomic E-state index is 5.33. The predicted molar refractivity (Wildman–Crippen MR) is 61.5 cm³/mol. The zero-order valence-electron chi connectivity index (χ0n) is 9.14. The molecule has 0 aromatic carbocycles. The smallest absolute Gasteiger partial charge is 0.139 e. The van der Waals surface area contributed by atoms with Crippen LogP contribution in [0.15, 0.2) is 29.0 Å².